The molecule has 0 aliphatic rings. The number of benzene rings is 1. The summed E-state index contributed by atoms with van der Waals surface area (Å²) in [6.45, 7) is 0. The number of halogens is 1. The SMILES string of the molecule is Nc1noc(-c2ccccc2F)c1-c1cccs1. The summed E-state index contributed by atoms with van der Waals surface area (Å²) in [4.78, 5) is 0.909. The topological polar surface area (TPSA) is 52.0 Å². The second kappa shape index (κ2) is 4.27. The summed E-state index contributed by atoms with van der Waals surface area (Å²) in [5, 5.41) is 5.66. The van der Waals surface area contributed by atoms with Gasteiger partial charge in [-0.2, -0.15) is 0 Å². The van der Waals surface area contributed by atoms with E-state index in [1.54, 1.807) is 18.2 Å². The minimum atomic E-state index is -0.355. The molecular weight excluding hydrogens is 251 g/mol. The number of hydrogen-bond acceptors (Lipinski definition) is 4. The van der Waals surface area contributed by atoms with Gasteiger partial charge in [0.05, 0.1) is 11.1 Å². The number of nitrogens with zero attached hydrogens (tertiary/aromatic N) is 1. The number of nitrogens with two attached hydrogens (primary N) is 1. The van der Waals surface area contributed by atoms with Crippen LogP contribution in [0.4, 0.5) is 10.2 Å². The summed E-state index contributed by atoms with van der Waals surface area (Å²) in [5.41, 5.74) is 6.81. The normalized spacial score (nSPS) is 10.7. The number of nitrogen functional groups attached to an aromatic ring is 1. The van der Waals surface area contributed by atoms with E-state index in [0.29, 0.717) is 16.9 Å². The molecule has 0 atom stereocenters. The van der Waals surface area contributed by atoms with Crippen molar-refractivity contribution in [3.05, 3.63) is 47.6 Å². The van der Waals surface area contributed by atoms with E-state index in [4.69, 9.17) is 10.3 Å². The Balaban J connectivity index is 2.23. The van der Waals surface area contributed by atoms with Crippen LogP contribution in [0.15, 0.2) is 46.3 Å². The van der Waals surface area contributed by atoms with E-state index in [-0.39, 0.29) is 11.6 Å². The molecule has 1 aromatic carbocycles. The monoisotopic (exact) mass is 260 g/mol. The minimum Gasteiger partial charge on any atom is -0.380 e. The van der Waals surface area contributed by atoms with Gasteiger partial charge in [-0.1, -0.05) is 23.4 Å². The molecule has 0 spiro atoms. The van der Waals surface area contributed by atoms with E-state index in [1.807, 2.05) is 17.5 Å². The van der Waals surface area contributed by atoms with Crippen molar-refractivity contribution in [1.29, 1.82) is 0 Å². The summed E-state index contributed by atoms with van der Waals surface area (Å²) in [5.74, 6) is 0.287. The molecule has 0 amide bonds. The van der Waals surface area contributed by atoms with Gasteiger partial charge in [-0.05, 0) is 23.6 Å². The van der Waals surface area contributed by atoms with Gasteiger partial charge >= 0.3 is 0 Å². The van der Waals surface area contributed by atoms with Crippen LogP contribution in [-0.4, -0.2) is 5.16 Å². The minimum absolute atomic E-state index is 0.274. The van der Waals surface area contributed by atoms with Crippen LogP contribution in [0.2, 0.25) is 0 Å². The van der Waals surface area contributed by atoms with Crippen LogP contribution >= 0.6 is 11.3 Å². The van der Waals surface area contributed by atoms with Gasteiger partial charge in [0.2, 0.25) is 0 Å². The zero-order valence-corrected chi connectivity index (χ0v) is 10.1. The Morgan fingerprint density at radius 2 is 2.00 bits per heavy atom. The molecule has 90 valence electrons. The number of anilines is 1. The first-order valence-electron chi connectivity index (χ1n) is 5.31. The van der Waals surface area contributed by atoms with Gasteiger partial charge in [-0.3, -0.25) is 0 Å². The zero-order valence-electron chi connectivity index (χ0n) is 9.26. The van der Waals surface area contributed by atoms with Gasteiger partial charge in [0.25, 0.3) is 0 Å². The van der Waals surface area contributed by atoms with Crippen molar-refractivity contribution in [1.82, 2.24) is 5.16 Å². The fourth-order valence-electron chi connectivity index (χ4n) is 1.79. The van der Waals surface area contributed by atoms with Crippen LogP contribution in [-0.2, 0) is 0 Å². The summed E-state index contributed by atoms with van der Waals surface area (Å²) in [6.07, 6.45) is 0. The molecular formula is C13H9FN2OS. The Labute approximate surface area is 107 Å². The highest BCUT2D eigenvalue weighted by atomic mass is 32.1. The maximum Gasteiger partial charge on any atom is 0.180 e. The van der Waals surface area contributed by atoms with E-state index < -0.39 is 0 Å². The molecule has 2 heterocycles. The van der Waals surface area contributed by atoms with Crippen molar-refractivity contribution in [3.63, 3.8) is 0 Å². The van der Waals surface area contributed by atoms with Crippen molar-refractivity contribution in [3.8, 4) is 21.8 Å². The molecule has 2 N–H and O–H groups in total. The molecule has 0 saturated carbocycles. The number of rotatable bonds is 2. The maximum absolute atomic E-state index is 13.8. The quantitative estimate of drug-likeness (QED) is 0.762. The Morgan fingerprint density at radius 3 is 2.72 bits per heavy atom. The largest absolute Gasteiger partial charge is 0.380 e. The van der Waals surface area contributed by atoms with Crippen molar-refractivity contribution in [2.75, 3.05) is 5.73 Å². The number of thiophene rings is 1. The Hall–Kier alpha value is -2.14. The molecule has 3 rings (SSSR count). The Kier molecular flexibility index (Phi) is 2.60. The molecule has 0 bridgehead atoms. The van der Waals surface area contributed by atoms with Gasteiger partial charge in [0.1, 0.15) is 5.82 Å². The van der Waals surface area contributed by atoms with Crippen molar-refractivity contribution < 1.29 is 8.91 Å². The van der Waals surface area contributed by atoms with Crippen LogP contribution in [0.25, 0.3) is 21.8 Å². The van der Waals surface area contributed by atoms with E-state index in [1.165, 1.54) is 17.4 Å². The second-order valence-corrected chi connectivity index (χ2v) is 4.68. The van der Waals surface area contributed by atoms with Gasteiger partial charge in [0, 0.05) is 4.88 Å². The molecule has 5 heteroatoms. The van der Waals surface area contributed by atoms with Crippen LogP contribution < -0.4 is 5.73 Å². The average Bonchev–Trinajstić information content (AvgIpc) is 2.98. The predicted molar refractivity (Wildman–Crippen MR) is 69.6 cm³/mol. The lowest BCUT2D eigenvalue weighted by atomic mass is 10.1. The number of hydrogen-bond donors (Lipinski definition) is 1. The maximum atomic E-state index is 13.8. The highest BCUT2D eigenvalue weighted by Gasteiger charge is 2.20. The molecule has 3 aromatic rings. The van der Waals surface area contributed by atoms with Gasteiger partial charge in [0.15, 0.2) is 11.6 Å². The lowest BCUT2D eigenvalue weighted by molar-refractivity contribution is 0.433. The van der Waals surface area contributed by atoms with E-state index >= 15 is 0 Å². The fourth-order valence-corrected chi connectivity index (χ4v) is 2.57. The fraction of sp³-hybridized carbons (Fsp3) is 0. The molecule has 0 radical (unpaired) electrons. The Bertz CT molecular complexity index is 676. The van der Waals surface area contributed by atoms with Crippen molar-refractivity contribution >= 4 is 17.2 Å². The zero-order chi connectivity index (χ0) is 12.5. The second-order valence-electron chi connectivity index (χ2n) is 3.73. The third-order valence-electron chi connectivity index (χ3n) is 2.60. The summed E-state index contributed by atoms with van der Waals surface area (Å²) in [6, 6.07) is 10.2. The number of aromatic nitrogens is 1. The summed E-state index contributed by atoms with van der Waals surface area (Å²) in [7, 11) is 0. The van der Waals surface area contributed by atoms with Crippen LogP contribution in [0.1, 0.15) is 0 Å². The molecule has 0 aliphatic carbocycles. The molecule has 3 nitrogen and oxygen atoms in total. The lowest BCUT2D eigenvalue weighted by Crippen LogP contribution is -1.88. The first kappa shape index (κ1) is 11.0. The molecule has 0 aliphatic heterocycles. The van der Waals surface area contributed by atoms with Gasteiger partial charge in [-0.25, -0.2) is 4.39 Å². The third-order valence-corrected chi connectivity index (χ3v) is 3.49. The first-order valence-corrected chi connectivity index (χ1v) is 6.19. The Morgan fingerprint density at radius 1 is 1.17 bits per heavy atom. The smallest absolute Gasteiger partial charge is 0.180 e. The molecule has 0 saturated heterocycles. The lowest BCUT2D eigenvalue weighted by Gasteiger charge is -2.01. The average molecular weight is 260 g/mol. The first-order chi connectivity index (χ1) is 8.77. The molecule has 0 fully saturated rings. The van der Waals surface area contributed by atoms with E-state index in [9.17, 15) is 4.39 Å². The van der Waals surface area contributed by atoms with Crippen LogP contribution in [0, 0.1) is 5.82 Å². The summed E-state index contributed by atoms with van der Waals surface area (Å²) >= 11 is 1.51. The highest BCUT2D eigenvalue weighted by Crippen LogP contribution is 2.39. The van der Waals surface area contributed by atoms with Gasteiger partial charge < -0.3 is 10.3 Å². The van der Waals surface area contributed by atoms with E-state index in [0.717, 1.165) is 4.88 Å². The van der Waals surface area contributed by atoms with Crippen molar-refractivity contribution in [2.45, 2.75) is 0 Å². The standard InChI is InChI=1S/C13H9FN2OS/c14-9-5-2-1-4-8(9)12-11(13(15)16-17-12)10-6-3-7-18-10/h1-7H,(H2,15,16). The molecule has 2 aromatic heterocycles. The molecule has 18 heavy (non-hydrogen) atoms. The van der Waals surface area contributed by atoms with Crippen molar-refractivity contribution in [2.24, 2.45) is 0 Å². The van der Waals surface area contributed by atoms with E-state index in [2.05, 4.69) is 5.16 Å². The molecule has 0 unspecified atom stereocenters. The third kappa shape index (κ3) is 1.69. The van der Waals surface area contributed by atoms with Gasteiger partial charge in [-0.15, -0.1) is 11.3 Å². The highest BCUT2D eigenvalue weighted by molar-refractivity contribution is 7.13. The van der Waals surface area contributed by atoms with Crippen LogP contribution in [0.5, 0.6) is 0 Å². The summed E-state index contributed by atoms with van der Waals surface area (Å²) < 4.78 is 19.0. The van der Waals surface area contributed by atoms with Crippen LogP contribution in [0.3, 0.4) is 0 Å². The predicted octanol–water partition coefficient (Wildman–Crippen LogP) is 3.79.